The first-order valence-corrected chi connectivity index (χ1v) is 5.93. The Morgan fingerprint density at radius 1 is 1.45 bits per heavy atom. The third-order valence-electron chi connectivity index (χ3n) is 1.15. The number of nitrogens with two attached hydrogens (primary N) is 1. The fraction of sp³-hybridized carbons (Fsp3) is 0.143. The molecule has 0 heterocycles. The maximum absolute atomic E-state index is 5.80. The van der Waals surface area contributed by atoms with E-state index in [1.54, 1.807) is 21.6 Å². The molecule has 0 amide bonds. The Morgan fingerprint density at radius 2 is 2.18 bits per heavy atom. The summed E-state index contributed by atoms with van der Waals surface area (Å²) in [5.74, 6) is 0. The van der Waals surface area contributed by atoms with Crippen LogP contribution in [-0.2, 0) is 0 Å². The molecule has 0 aliphatic heterocycles. The second-order valence-electron chi connectivity index (χ2n) is 1.93. The molecule has 1 aromatic rings. The summed E-state index contributed by atoms with van der Waals surface area (Å²) >= 11 is 5.80. The molecule has 4 heteroatoms. The first kappa shape index (κ1) is 9.10. The van der Waals surface area contributed by atoms with Crippen LogP contribution in [0, 0.1) is 0 Å². The molecule has 0 saturated carbocycles. The van der Waals surface area contributed by atoms with E-state index in [4.69, 9.17) is 17.3 Å². The van der Waals surface area contributed by atoms with Crippen molar-refractivity contribution in [3.05, 3.63) is 23.2 Å². The fourth-order valence-corrected chi connectivity index (χ4v) is 2.27. The summed E-state index contributed by atoms with van der Waals surface area (Å²) in [6.45, 7) is 0. The number of hydrogen-bond acceptors (Lipinski definition) is 3. The normalized spacial score (nSPS) is 10.0. The lowest BCUT2D eigenvalue weighted by molar-refractivity contribution is 1.48. The summed E-state index contributed by atoms with van der Waals surface area (Å²) in [6.07, 6.45) is 2.02. The van der Waals surface area contributed by atoms with Gasteiger partial charge in [-0.2, -0.15) is 0 Å². The Morgan fingerprint density at radius 3 is 2.73 bits per heavy atom. The van der Waals surface area contributed by atoms with Crippen LogP contribution in [0.15, 0.2) is 23.1 Å². The van der Waals surface area contributed by atoms with Crippen molar-refractivity contribution in [3.8, 4) is 0 Å². The molecular weight excluding hydrogens is 198 g/mol. The minimum Gasteiger partial charge on any atom is -0.398 e. The van der Waals surface area contributed by atoms with E-state index in [-0.39, 0.29) is 0 Å². The molecule has 0 spiro atoms. The minimum absolute atomic E-state index is 0.629. The lowest BCUT2D eigenvalue weighted by Gasteiger charge is -2.00. The molecule has 0 saturated heterocycles. The van der Waals surface area contributed by atoms with Crippen LogP contribution in [0.4, 0.5) is 5.69 Å². The summed E-state index contributed by atoms with van der Waals surface area (Å²) in [5, 5.41) is 0.629. The number of anilines is 1. The molecule has 1 nitrogen and oxygen atoms in total. The molecule has 2 N–H and O–H groups in total. The van der Waals surface area contributed by atoms with Crippen molar-refractivity contribution in [2.45, 2.75) is 4.90 Å². The molecule has 1 rings (SSSR count). The standard InChI is InChI=1S/C7H8ClNS2/c1-10-11-5-2-3-7(9)6(8)4-5/h2-4H,9H2,1H3. The lowest BCUT2D eigenvalue weighted by Crippen LogP contribution is -1.84. The topological polar surface area (TPSA) is 26.0 Å². The van der Waals surface area contributed by atoms with Crippen LogP contribution in [0.1, 0.15) is 0 Å². The molecule has 11 heavy (non-hydrogen) atoms. The highest BCUT2D eigenvalue weighted by molar-refractivity contribution is 8.76. The molecule has 0 aliphatic carbocycles. The fourth-order valence-electron chi connectivity index (χ4n) is 0.656. The van der Waals surface area contributed by atoms with Gasteiger partial charge in [-0.05, 0) is 24.5 Å². The van der Waals surface area contributed by atoms with E-state index in [9.17, 15) is 0 Å². The Kier molecular flexibility index (Phi) is 3.43. The zero-order valence-corrected chi connectivity index (χ0v) is 8.39. The Labute approximate surface area is 79.1 Å². The second-order valence-corrected chi connectivity index (χ2v) is 4.81. The lowest BCUT2D eigenvalue weighted by atomic mass is 10.3. The van der Waals surface area contributed by atoms with Crippen molar-refractivity contribution in [1.82, 2.24) is 0 Å². The van der Waals surface area contributed by atoms with Gasteiger partial charge in [-0.1, -0.05) is 33.2 Å². The van der Waals surface area contributed by atoms with E-state index in [0.29, 0.717) is 10.7 Å². The second kappa shape index (κ2) is 4.14. The first-order valence-electron chi connectivity index (χ1n) is 2.99. The smallest absolute Gasteiger partial charge is 0.0646 e. The maximum atomic E-state index is 5.80. The van der Waals surface area contributed by atoms with E-state index in [0.717, 1.165) is 4.90 Å². The van der Waals surface area contributed by atoms with Crippen molar-refractivity contribution in [2.75, 3.05) is 12.0 Å². The van der Waals surface area contributed by atoms with Gasteiger partial charge in [-0.25, -0.2) is 0 Å². The van der Waals surface area contributed by atoms with Gasteiger partial charge in [-0.15, -0.1) is 0 Å². The van der Waals surface area contributed by atoms with E-state index in [1.807, 2.05) is 24.5 Å². The van der Waals surface area contributed by atoms with Crippen molar-refractivity contribution in [3.63, 3.8) is 0 Å². The monoisotopic (exact) mass is 205 g/mol. The number of benzene rings is 1. The van der Waals surface area contributed by atoms with E-state index >= 15 is 0 Å². The highest BCUT2D eigenvalue weighted by atomic mass is 35.5. The summed E-state index contributed by atoms with van der Waals surface area (Å²) in [6, 6.07) is 5.65. The molecule has 0 radical (unpaired) electrons. The Bertz CT molecular complexity index is 252. The van der Waals surface area contributed by atoms with Crippen LogP contribution in [0.5, 0.6) is 0 Å². The van der Waals surface area contributed by atoms with Gasteiger partial charge >= 0.3 is 0 Å². The molecule has 60 valence electrons. The summed E-state index contributed by atoms with van der Waals surface area (Å²) in [5.41, 5.74) is 6.17. The van der Waals surface area contributed by atoms with Gasteiger partial charge in [-0.3, -0.25) is 0 Å². The van der Waals surface area contributed by atoms with Crippen LogP contribution in [0.2, 0.25) is 5.02 Å². The predicted molar refractivity (Wildman–Crippen MR) is 55.2 cm³/mol. The highest BCUT2D eigenvalue weighted by Gasteiger charge is 1.97. The molecule has 0 aliphatic rings. The maximum Gasteiger partial charge on any atom is 0.0646 e. The predicted octanol–water partition coefficient (Wildman–Crippen LogP) is 3.29. The molecule has 0 atom stereocenters. The molecule has 0 bridgehead atoms. The van der Waals surface area contributed by atoms with Gasteiger partial charge in [0.1, 0.15) is 0 Å². The molecular formula is C7H8ClNS2. The van der Waals surface area contributed by atoms with Crippen molar-refractivity contribution in [2.24, 2.45) is 0 Å². The van der Waals surface area contributed by atoms with Gasteiger partial charge in [0.2, 0.25) is 0 Å². The summed E-state index contributed by atoms with van der Waals surface area (Å²) in [7, 11) is 3.36. The highest BCUT2D eigenvalue weighted by Crippen LogP contribution is 2.32. The van der Waals surface area contributed by atoms with E-state index in [1.165, 1.54) is 0 Å². The van der Waals surface area contributed by atoms with Gasteiger partial charge in [0.15, 0.2) is 0 Å². The zero-order valence-electron chi connectivity index (χ0n) is 6.00. The van der Waals surface area contributed by atoms with Gasteiger partial charge in [0.25, 0.3) is 0 Å². The van der Waals surface area contributed by atoms with Crippen LogP contribution >= 0.6 is 33.2 Å². The number of hydrogen-bond donors (Lipinski definition) is 1. The van der Waals surface area contributed by atoms with E-state index in [2.05, 4.69) is 0 Å². The minimum atomic E-state index is 0.629. The van der Waals surface area contributed by atoms with Crippen molar-refractivity contribution >= 4 is 38.9 Å². The Balaban J connectivity index is 2.86. The van der Waals surface area contributed by atoms with Gasteiger partial charge < -0.3 is 5.73 Å². The van der Waals surface area contributed by atoms with Gasteiger partial charge in [0.05, 0.1) is 10.7 Å². The van der Waals surface area contributed by atoms with Crippen LogP contribution in [0.3, 0.4) is 0 Å². The van der Waals surface area contributed by atoms with E-state index < -0.39 is 0 Å². The molecule has 0 unspecified atom stereocenters. The van der Waals surface area contributed by atoms with Crippen LogP contribution in [0.25, 0.3) is 0 Å². The molecule has 1 aromatic carbocycles. The molecule has 0 aromatic heterocycles. The number of halogens is 1. The average Bonchev–Trinajstić information content (AvgIpc) is 1.98. The van der Waals surface area contributed by atoms with Gasteiger partial charge in [0, 0.05) is 4.90 Å². The number of rotatable bonds is 2. The zero-order chi connectivity index (χ0) is 8.27. The average molecular weight is 206 g/mol. The quantitative estimate of drug-likeness (QED) is 0.593. The third kappa shape index (κ3) is 2.51. The van der Waals surface area contributed by atoms with Crippen molar-refractivity contribution < 1.29 is 0 Å². The Hall–Kier alpha value is 0.01000. The largest absolute Gasteiger partial charge is 0.398 e. The SMILES string of the molecule is CSSc1ccc(N)c(Cl)c1. The molecule has 0 fully saturated rings. The number of nitrogen functional groups attached to an aromatic ring is 1. The van der Waals surface area contributed by atoms with Crippen LogP contribution < -0.4 is 5.73 Å². The third-order valence-corrected chi connectivity index (χ3v) is 3.17. The summed E-state index contributed by atoms with van der Waals surface area (Å²) in [4.78, 5) is 1.14. The van der Waals surface area contributed by atoms with Crippen LogP contribution in [-0.4, -0.2) is 6.26 Å². The first-order chi connectivity index (χ1) is 5.24. The van der Waals surface area contributed by atoms with Crippen molar-refractivity contribution in [1.29, 1.82) is 0 Å². The summed E-state index contributed by atoms with van der Waals surface area (Å²) < 4.78 is 0.